The fraction of sp³-hybridized carbons (Fsp3) is 0.643. The molecule has 2 heterocycles. The third-order valence-corrected chi connectivity index (χ3v) is 4.24. The molecule has 1 aliphatic heterocycles. The van der Waals surface area contributed by atoms with Gasteiger partial charge in [-0.2, -0.15) is 0 Å². The number of furan rings is 1. The predicted molar refractivity (Wildman–Crippen MR) is 64.7 cm³/mol. The highest BCUT2D eigenvalue weighted by Crippen LogP contribution is 2.35. The first-order valence-corrected chi connectivity index (χ1v) is 6.71. The molecule has 1 saturated heterocycles. The minimum atomic E-state index is 0.0894. The van der Waals surface area contributed by atoms with Gasteiger partial charge < -0.3 is 9.32 Å². The van der Waals surface area contributed by atoms with Crippen LogP contribution in [0.2, 0.25) is 0 Å². The third-order valence-electron chi connectivity index (χ3n) is 4.24. The van der Waals surface area contributed by atoms with Gasteiger partial charge in [0.1, 0.15) is 0 Å². The molecule has 1 amide bonds. The predicted octanol–water partition coefficient (Wildman–Crippen LogP) is 3.07. The van der Waals surface area contributed by atoms with Crippen LogP contribution in [0.15, 0.2) is 22.8 Å². The molecule has 1 aromatic rings. The van der Waals surface area contributed by atoms with E-state index in [1.165, 1.54) is 32.1 Å². The molecule has 1 aliphatic carbocycles. The number of piperidine rings is 1. The zero-order chi connectivity index (χ0) is 11.7. The Morgan fingerprint density at radius 3 is 2.88 bits per heavy atom. The van der Waals surface area contributed by atoms with E-state index in [9.17, 15) is 4.79 Å². The maximum Gasteiger partial charge on any atom is 0.289 e. The molecule has 1 aromatic heterocycles. The summed E-state index contributed by atoms with van der Waals surface area (Å²) in [7, 11) is 0. The van der Waals surface area contributed by atoms with Crippen LogP contribution in [-0.2, 0) is 0 Å². The summed E-state index contributed by atoms with van der Waals surface area (Å²) >= 11 is 0. The van der Waals surface area contributed by atoms with E-state index in [0.717, 1.165) is 18.9 Å². The second-order valence-electron chi connectivity index (χ2n) is 5.23. The maximum absolute atomic E-state index is 12.3. The highest BCUT2D eigenvalue weighted by atomic mass is 16.3. The largest absolute Gasteiger partial charge is 0.459 e. The summed E-state index contributed by atoms with van der Waals surface area (Å²) in [5.74, 6) is 1.32. The first-order chi connectivity index (χ1) is 8.36. The van der Waals surface area contributed by atoms with Crippen LogP contribution in [0.4, 0.5) is 0 Å². The first-order valence-electron chi connectivity index (χ1n) is 6.71. The molecule has 3 rings (SSSR count). The van der Waals surface area contributed by atoms with Crippen LogP contribution in [0.25, 0.3) is 0 Å². The van der Waals surface area contributed by atoms with Crippen molar-refractivity contribution in [2.45, 2.75) is 44.6 Å². The van der Waals surface area contributed by atoms with E-state index in [0.29, 0.717) is 11.8 Å². The van der Waals surface area contributed by atoms with Crippen molar-refractivity contribution in [3.05, 3.63) is 24.2 Å². The third kappa shape index (κ3) is 1.99. The number of carbonyl (C=O) groups excluding carboxylic acids is 1. The standard InChI is InChI=1S/C14H19NO2/c16-14(13-8-4-10-17-13)15-9-3-6-11-5-1-2-7-12(11)15/h4,8,10-12H,1-3,5-7,9H2/t11-,12-/m0/s1. The molecule has 17 heavy (non-hydrogen) atoms. The molecular formula is C14H19NO2. The molecule has 0 N–H and O–H groups in total. The Hall–Kier alpha value is -1.25. The quantitative estimate of drug-likeness (QED) is 0.747. The highest BCUT2D eigenvalue weighted by molar-refractivity contribution is 5.91. The molecule has 0 radical (unpaired) electrons. The smallest absolute Gasteiger partial charge is 0.289 e. The zero-order valence-corrected chi connectivity index (χ0v) is 10.1. The first kappa shape index (κ1) is 10.9. The Bertz CT molecular complexity index is 383. The van der Waals surface area contributed by atoms with Gasteiger partial charge in [0.25, 0.3) is 5.91 Å². The molecule has 1 saturated carbocycles. The van der Waals surface area contributed by atoms with Crippen LogP contribution >= 0.6 is 0 Å². The van der Waals surface area contributed by atoms with E-state index in [4.69, 9.17) is 4.42 Å². The van der Waals surface area contributed by atoms with Gasteiger partial charge >= 0.3 is 0 Å². The molecule has 2 aliphatic rings. The van der Waals surface area contributed by atoms with Crippen LogP contribution in [0.1, 0.15) is 49.1 Å². The molecule has 0 unspecified atom stereocenters. The van der Waals surface area contributed by atoms with Gasteiger partial charge in [0.05, 0.1) is 6.26 Å². The van der Waals surface area contributed by atoms with Gasteiger partial charge in [-0.15, -0.1) is 0 Å². The van der Waals surface area contributed by atoms with Crippen molar-refractivity contribution in [1.29, 1.82) is 0 Å². The van der Waals surface area contributed by atoms with Crippen LogP contribution in [0.3, 0.4) is 0 Å². The molecule has 0 bridgehead atoms. The molecule has 3 heteroatoms. The van der Waals surface area contributed by atoms with Gasteiger partial charge in [-0.05, 0) is 43.7 Å². The normalized spacial score (nSPS) is 28.8. The van der Waals surface area contributed by atoms with E-state index >= 15 is 0 Å². The van der Waals surface area contributed by atoms with Crippen LogP contribution in [0, 0.1) is 5.92 Å². The van der Waals surface area contributed by atoms with Gasteiger partial charge in [-0.25, -0.2) is 0 Å². The Morgan fingerprint density at radius 2 is 2.06 bits per heavy atom. The molecule has 3 nitrogen and oxygen atoms in total. The lowest BCUT2D eigenvalue weighted by Gasteiger charge is -2.43. The van der Waals surface area contributed by atoms with Crippen molar-refractivity contribution >= 4 is 5.91 Å². The Kier molecular flexibility index (Phi) is 2.91. The van der Waals surface area contributed by atoms with Crippen molar-refractivity contribution in [3.63, 3.8) is 0 Å². The second kappa shape index (κ2) is 4.55. The fourth-order valence-electron chi connectivity index (χ4n) is 3.42. The molecule has 92 valence electrons. The number of nitrogens with zero attached hydrogens (tertiary/aromatic N) is 1. The summed E-state index contributed by atoms with van der Waals surface area (Å²) in [6.07, 6.45) is 9.10. The van der Waals surface area contributed by atoms with Crippen molar-refractivity contribution in [1.82, 2.24) is 4.90 Å². The van der Waals surface area contributed by atoms with E-state index in [1.54, 1.807) is 18.4 Å². The minimum absolute atomic E-state index is 0.0894. The Morgan fingerprint density at radius 1 is 1.24 bits per heavy atom. The number of carbonyl (C=O) groups is 1. The SMILES string of the molecule is O=C(c1ccco1)N1CCC[C@@H]2CCCC[C@@H]21. The van der Waals surface area contributed by atoms with E-state index in [-0.39, 0.29) is 5.91 Å². The zero-order valence-electron chi connectivity index (χ0n) is 10.1. The van der Waals surface area contributed by atoms with E-state index < -0.39 is 0 Å². The lowest BCUT2D eigenvalue weighted by Crippen LogP contribution is -2.49. The summed E-state index contributed by atoms with van der Waals surface area (Å²) in [6, 6.07) is 4.03. The van der Waals surface area contributed by atoms with Crippen molar-refractivity contribution in [2.24, 2.45) is 5.92 Å². The van der Waals surface area contributed by atoms with Gasteiger partial charge in [0, 0.05) is 12.6 Å². The van der Waals surface area contributed by atoms with Crippen LogP contribution in [0.5, 0.6) is 0 Å². The number of likely N-dealkylation sites (tertiary alicyclic amines) is 1. The summed E-state index contributed by atoms with van der Waals surface area (Å²) < 4.78 is 5.24. The topological polar surface area (TPSA) is 33.5 Å². The number of amides is 1. The van der Waals surface area contributed by atoms with Gasteiger partial charge in [-0.1, -0.05) is 12.8 Å². The number of fused-ring (bicyclic) bond motifs is 1. The fourth-order valence-corrected chi connectivity index (χ4v) is 3.42. The number of hydrogen-bond acceptors (Lipinski definition) is 2. The van der Waals surface area contributed by atoms with Crippen LogP contribution < -0.4 is 0 Å². The lowest BCUT2D eigenvalue weighted by atomic mass is 9.78. The molecule has 2 fully saturated rings. The Labute approximate surface area is 102 Å². The van der Waals surface area contributed by atoms with Crippen molar-refractivity contribution in [2.75, 3.05) is 6.54 Å². The van der Waals surface area contributed by atoms with E-state index in [2.05, 4.69) is 4.90 Å². The number of rotatable bonds is 1. The molecule has 0 spiro atoms. The van der Waals surface area contributed by atoms with Crippen molar-refractivity contribution < 1.29 is 9.21 Å². The second-order valence-corrected chi connectivity index (χ2v) is 5.23. The monoisotopic (exact) mass is 233 g/mol. The van der Waals surface area contributed by atoms with Gasteiger partial charge in [-0.3, -0.25) is 4.79 Å². The Balaban J connectivity index is 1.79. The summed E-state index contributed by atoms with van der Waals surface area (Å²) in [5, 5.41) is 0. The average molecular weight is 233 g/mol. The summed E-state index contributed by atoms with van der Waals surface area (Å²) in [5.41, 5.74) is 0. The summed E-state index contributed by atoms with van der Waals surface area (Å²) in [6.45, 7) is 0.903. The lowest BCUT2D eigenvalue weighted by molar-refractivity contribution is 0.0362. The minimum Gasteiger partial charge on any atom is -0.459 e. The van der Waals surface area contributed by atoms with Gasteiger partial charge in [0.15, 0.2) is 5.76 Å². The van der Waals surface area contributed by atoms with Crippen molar-refractivity contribution in [3.8, 4) is 0 Å². The highest BCUT2D eigenvalue weighted by Gasteiger charge is 2.36. The molecule has 0 aromatic carbocycles. The molecular weight excluding hydrogens is 214 g/mol. The number of hydrogen-bond donors (Lipinski definition) is 0. The van der Waals surface area contributed by atoms with E-state index in [1.807, 2.05) is 0 Å². The maximum atomic E-state index is 12.3. The summed E-state index contributed by atoms with van der Waals surface area (Å²) in [4.78, 5) is 14.4. The molecule has 2 atom stereocenters. The average Bonchev–Trinajstić information content (AvgIpc) is 2.91. The van der Waals surface area contributed by atoms with Gasteiger partial charge in [0.2, 0.25) is 0 Å². The van der Waals surface area contributed by atoms with Crippen LogP contribution in [-0.4, -0.2) is 23.4 Å².